The molecule has 1 aromatic carbocycles. The smallest absolute Gasteiger partial charge is 0.161 e. The van der Waals surface area contributed by atoms with Gasteiger partial charge < -0.3 is 15.2 Å². The lowest BCUT2D eigenvalue weighted by Gasteiger charge is -2.41. The molecule has 0 bridgehead atoms. The minimum absolute atomic E-state index is 0.101. The average molecular weight is 276 g/mol. The molecule has 3 unspecified atom stereocenters. The first-order chi connectivity index (χ1) is 9.78. The van der Waals surface area contributed by atoms with Gasteiger partial charge in [-0.2, -0.15) is 0 Å². The van der Waals surface area contributed by atoms with Crippen LogP contribution in [0, 0.1) is 5.92 Å². The Kier molecular flexibility index (Phi) is 4.13. The van der Waals surface area contributed by atoms with Gasteiger partial charge in [0.15, 0.2) is 11.5 Å². The Labute approximate surface area is 120 Å². The van der Waals surface area contributed by atoms with Crippen LogP contribution in [0.3, 0.4) is 0 Å². The summed E-state index contributed by atoms with van der Waals surface area (Å²) >= 11 is 0. The highest BCUT2D eigenvalue weighted by molar-refractivity contribution is 5.40. The zero-order valence-corrected chi connectivity index (χ0v) is 12.1. The van der Waals surface area contributed by atoms with Gasteiger partial charge in [0.25, 0.3) is 0 Å². The molecule has 0 aromatic heterocycles. The number of nitrogens with zero attached hydrogens (tertiary/aromatic N) is 1. The molecular weight excluding hydrogens is 252 g/mol. The second kappa shape index (κ2) is 6.02. The molecule has 0 spiro atoms. The molecular formula is C16H24N2O2. The van der Waals surface area contributed by atoms with E-state index >= 15 is 0 Å². The van der Waals surface area contributed by atoms with Crippen LogP contribution in [-0.2, 0) is 0 Å². The van der Waals surface area contributed by atoms with Crippen molar-refractivity contribution in [1.82, 2.24) is 4.90 Å². The van der Waals surface area contributed by atoms with E-state index in [1.54, 1.807) is 0 Å². The fourth-order valence-electron chi connectivity index (χ4n) is 3.36. The molecule has 3 atom stereocenters. The largest absolute Gasteiger partial charge is 0.486 e. The van der Waals surface area contributed by atoms with Crippen molar-refractivity contribution in [3.8, 4) is 11.5 Å². The molecule has 2 N–H and O–H groups in total. The predicted molar refractivity (Wildman–Crippen MR) is 79.2 cm³/mol. The van der Waals surface area contributed by atoms with Gasteiger partial charge in [0.1, 0.15) is 12.7 Å². The van der Waals surface area contributed by atoms with Crippen LogP contribution < -0.4 is 15.2 Å². The summed E-state index contributed by atoms with van der Waals surface area (Å²) in [5.74, 6) is 2.38. The van der Waals surface area contributed by atoms with Crippen LogP contribution in [0.1, 0.15) is 19.8 Å². The van der Waals surface area contributed by atoms with E-state index in [0.717, 1.165) is 31.1 Å². The van der Waals surface area contributed by atoms with Gasteiger partial charge >= 0.3 is 0 Å². The third kappa shape index (κ3) is 2.76. The lowest BCUT2D eigenvalue weighted by atomic mass is 9.90. The van der Waals surface area contributed by atoms with Crippen LogP contribution in [0.15, 0.2) is 24.3 Å². The second-order valence-electron chi connectivity index (χ2n) is 5.92. The average Bonchev–Trinajstić information content (AvgIpc) is 2.47. The Hall–Kier alpha value is -1.26. The molecule has 3 rings (SSSR count). The molecule has 0 amide bonds. The zero-order chi connectivity index (χ0) is 13.9. The molecule has 2 heterocycles. The number of piperidine rings is 1. The van der Waals surface area contributed by atoms with E-state index < -0.39 is 0 Å². The summed E-state index contributed by atoms with van der Waals surface area (Å²) in [6.07, 6.45) is 2.63. The number of hydrogen-bond acceptors (Lipinski definition) is 4. The Balaban J connectivity index is 1.64. The van der Waals surface area contributed by atoms with Gasteiger partial charge in [0, 0.05) is 19.1 Å². The van der Waals surface area contributed by atoms with Crippen LogP contribution in [0.4, 0.5) is 0 Å². The highest BCUT2D eigenvalue weighted by Gasteiger charge is 2.31. The van der Waals surface area contributed by atoms with Crippen molar-refractivity contribution in [1.29, 1.82) is 0 Å². The first kappa shape index (κ1) is 13.7. The first-order valence-corrected chi connectivity index (χ1v) is 7.60. The third-order valence-electron chi connectivity index (χ3n) is 4.48. The lowest BCUT2D eigenvalue weighted by molar-refractivity contribution is 0.0225. The molecule has 0 saturated carbocycles. The topological polar surface area (TPSA) is 47.7 Å². The van der Waals surface area contributed by atoms with E-state index in [2.05, 4.69) is 11.8 Å². The SMILES string of the molecule is CC1CCCN(CC2COc3ccccc3O2)C1CN. The normalized spacial score (nSPS) is 30.2. The summed E-state index contributed by atoms with van der Waals surface area (Å²) in [6, 6.07) is 8.36. The molecule has 110 valence electrons. The van der Waals surface area contributed by atoms with E-state index in [0.29, 0.717) is 18.6 Å². The van der Waals surface area contributed by atoms with E-state index in [4.69, 9.17) is 15.2 Å². The molecule has 1 aromatic rings. The number of para-hydroxylation sites is 2. The fourth-order valence-corrected chi connectivity index (χ4v) is 3.36. The number of fused-ring (bicyclic) bond motifs is 1. The predicted octanol–water partition coefficient (Wildman–Crippen LogP) is 1.89. The Morgan fingerprint density at radius 2 is 2.10 bits per heavy atom. The molecule has 4 heteroatoms. The number of benzene rings is 1. The maximum atomic E-state index is 6.06. The fraction of sp³-hybridized carbons (Fsp3) is 0.625. The van der Waals surface area contributed by atoms with Crippen LogP contribution >= 0.6 is 0 Å². The number of rotatable bonds is 3. The zero-order valence-electron chi connectivity index (χ0n) is 12.1. The lowest BCUT2D eigenvalue weighted by Crippen LogP contribution is -2.53. The van der Waals surface area contributed by atoms with Gasteiger partial charge in [-0.05, 0) is 37.4 Å². The van der Waals surface area contributed by atoms with Gasteiger partial charge in [-0.1, -0.05) is 19.1 Å². The third-order valence-corrected chi connectivity index (χ3v) is 4.48. The van der Waals surface area contributed by atoms with Crippen molar-refractivity contribution in [2.45, 2.75) is 31.9 Å². The van der Waals surface area contributed by atoms with Gasteiger partial charge in [-0.3, -0.25) is 4.90 Å². The summed E-state index contributed by atoms with van der Waals surface area (Å²) in [7, 11) is 0. The molecule has 0 radical (unpaired) electrons. The minimum atomic E-state index is 0.101. The number of nitrogens with two attached hydrogens (primary N) is 1. The van der Waals surface area contributed by atoms with Gasteiger partial charge in [0.2, 0.25) is 0 Å². The van der Waals surface area contributed by atoms with Crippen molar-refractivity contribution in [3.63, 3.8) is 0 Å². The van der Waals surface area contributed by atoms with Crippen LogP contribution in [0.5, 0.6) is 11.5 Å². The van der Waals surface area contributed by atoms with Gasteiger partial charge in [0.05, 0.1) is 0 Å². The molecule has 2 aliphatic heterocycles. The van der Waals surface area contributed by atoms with Gasteiger partial charge in [-0.15, -0.1) is 0 Å². The molecule has 0 aliphatic carbocycles. The molecule has 1 fully saturated rings. The molecule has 1 saturated heterocycles. The van der Waals surface area contributed by atoms with E-state index in [1.807, 2.05) is 24.3 Å². The highest BCUT2D eigenvalue weighted by Crippen LogP contribution is 2.32. The Bertz CT molecular complexity index is 452. The van der Waals surface area contributed by atoms with Crippen LogP contribution in [-0.4, -0.2) is 43.3 Å². The van der Waals surface area contributed by atoms with Crippen molar-refractivity contribution in [2.24, 2.45) is 11.7 Å². The van der Waals surface area contributed by atoms with Crippen molar-refractivity contribution < 1.29 is 9.47 Å². The standard InChI is InChI=1S/C16H24N2O2/c1-12-5-4-8-18(14(12)9-17)10-13-11-19-15-6-2-3-7-16(15)20-13/h2-3,6-7,12-14H,4-5,8-11,17H2,1H3. The van der Waals surface area contributed by atoms with E-state index in [1.165, 1.54) is 12.8 Å². The van der Waals surface area contributed by atoms with Gasteiger partial charge in [-0.25, -0.2) is 0 Å². The maximum Gasteiger partial charge on any atom is 0.161 e. The number of ether oxygens (including phenoxy) is 2. The number of likely N-dealkylation sites (tertiary alicyclic amines) is 1. The monoisotopic (exact) mass is 276 g/mol. The van der Waals surface area contributed by atoms with Crippen molar-refractivity contribution >= 4 is 0 Å². The minimum Gasteiger partial charge on any atom is -0.486 e. The second-order valence-corrected chi connectivity index (χ2v) is 5.92. The first-order valence-electron chi connectivity index (χ1n) is 7.60. The number of hydrogen-bond donors (Lipinski definition) is 1. The summed E-state index contributed by atoms with van der Waals surface area (Å²) < 4.78 is 11.8. The molecule has 20 heavy (non-hydrogen) atoms. The molecule has 4 nitrogen and oxygen atoms in total. The van der Waals surface area contributed by atoms with Crippen molar-refractivity contribution in [2.75, 3.05) is 26.2 Å². The Morgan fingerprint density at radius 3 is 2.90 bits per heavy atom. The van der Waals surface area contributed by atoms with E-state index in [-0.39, 0.29) is 6.10 Å². The summed E-state index contributed by atoms with van der Waals surface area (Å²) in [5, 5.41) is 0. The summed E-state index contributed by atoms with van der Waals surface area (Å²) in [4.78, 5) is 2.48. The summed E-state index contributed by atoms with van der Waals surface area (Å²) in [6.45, 7) is 5.68. The maximum absolute atomic E-state index is 6.06. The van der Waals surface area contributed by atoms with E-state index in [9.17, 15) is 0 Å². The quantitative estimate of drug-likeness (QED) is 0.916. The highest BCUT2D eigenvalue weighted by atomic mass is 16.6. The van der Waals surface area contributed by atoms with Crippen LogP contribution in [0.25, 0.3) is 0 Å². The van der Waals surface area contributed by atoms with Crippen LogP contribution in [0.2, 0.25) is 0 Å². The summed E-state index contributed by atoms with van der Waals surface area (Å²) in [5.41, 5.74) is 5.95. The van der Waals surface area contributed by atoms with Crippen molar-refractivity contribution in [3.05, 3.63) is 24.3 Å². The Morgan fingerprint density at radius 1 is 1.30 bits per heavy atom. The molecule has 2 aliphatic rings.